The van der Waals surface area contributed by atoms with Crippen molar-refractivity contribution in [3.63, 3.8) is 0 Å². The van der Waals surface area contributed by atoms with E-state index in [0.29, 0.717) is 61.1 Å². The van der Waals surface area contributed by atoms with Crippen molar-refractivity contribution in [2.24, 2.45) is 0 Å². The molecule has 7 nitrogen and oxygen atoms in total. The second-order valence-corrected chi connectivity index (χ2v) is 10.4. The van der Waals surface area contributed by atoms with Gasteiger partial charge in [0.15, 0.2) is 5.82 Å². The maximum Gasteiger partial charge on any atom is 0.258 e. The van der Waals surface area contributed by atoms with Crippen LogP contribution in [0.5, 0.6) is 5.88 Å². The van der Waals surface area contributed by atoms with E-state index >= 15 is 0 Å². The molecule has 29 heavy (non-hydrogen) atoms. The standard InChI is InChI=1S/C20H27FN4O3S/c1-5-15(24-29(26)20(2,3)4)14-8-12(21)9-16-17(14)23-18-19(22-16)28-11-13-10-27-7-6-25(13)18/h8-9,13,15,24H,5-7,10-11H2,1-4H3/t13-,15+,29+/m0/s1. The van der Waals surface area contributed by atoms with Gasteiger partial charge in [-0.15, -0.1) is 4.72 Å². The highest BCUT2D eigenvalue weighted by Gasteiger charge is 2.34. The monoisotopic (exact) mass is 422 g/mol. The lowest BCUT2D eigenvalue weighted by molar-refractivity contribution is 0.0686. The number of aromatic nitrogens is 2. The van der Waals surface area contributed by atoms with E-state index in [0.717, 1.165) is 0 Å². The van der Waals surface area contributed by atoms with Crippen LogP contribution in [-0.4, -0.2) is 51.7 Å². The third-order valence-electron chi connectivity index (χ3n) is 5.22. The molecule has 4 rings (SSSR count). The van der Waals surface area contributed by atoms with E-state index in [4.69, 9.17) is 14.5 Å². The molecule has 1 fully saturated rings. The molecule has 0 spiro atoms. The fourth-order valence-corrected chi connectivity index (χ4v) is 4.50. The van der Waals surface area contributed by atoms with Crippen LogP contribution in [0.2, 0.25) is 0 Å². The van der Waals surface area contributed by atoms with E-state index in [1.807, 2.05) is 27.7 Å². The van der Waals surface area contributed by atoms with Gasteiger partial charge in [-0.3, -0.25) is 0 Å². The zero-order valence-corrected chi connectivity index (χ0v) is 18.0. The third kappa shape index (κ3) is 4.01. The number of rotatable bonds is 4. The van der Waals surface area contributed by atoms with E-state index in [9.17, 15) is 8.94 Å². The average Bonchev–Trinajstić information content (AvgIpc) is 2.69. The van der Waals surface area contributed by atoms with Crippen molar-refractivity contribution in [3.8, 4) is 5.88 Å². The van der Waals surface area contributed by atoms with Gasteiger partial charge in [0.25, 0.3) is 5.88 Å². The molecule has 0 unspecified atom stereocenters. The first kappa shape index (κ1) is 20.6. The minimum absolute atomic E-state index is 0.0976. The summed E-state index contributed by atoms with van der Waals surface area (Å²) in [6, 6.07) is 2.62. The molecule has 0 bridgehead atoms. The molecular formula is C20H27FN4O3S. The van der Waals surface area contributed by atoms with Crippen LogP contribution in [-0.2, 0) is 16.1 Å². The van der Waals surface area contributed by atoms with Gasteiger partial charge >= 0.3 is 0 Å². The molecule has 0 amide bonds. The van der Waals surface area contributed by atoms with Crippen molar-refractivity contribution in [1.82, 2.24) is 14.7 Å². The van der Waals surface area contributed by atoms with E-state index in [-0.39, 0.29) is 12.1 Å². The Labute approximate surface area is 173 Å². The summed E-state index contributed by atoms with van der Waals surface area (Å²) in [6.45, 7) is 10.1. The van der Waals surface area contributed by atoms with Crippen molar-refractivity contribution >= 4 is 28.2 Å². The number of hydrogen-bond acceptors (Lipinski definition) is 7. The predicted molar refractivity (Wildman–Crippen MR) is 111 cm³/mol. The molecule has 3 heterocycles. The number of nitrogens with zero attached hydrogens (tertiary/aromatic N) is 3. The van der Waals surface area contributed by atoms with Crippen molar-refractivity contribution in [2.45, 2.75) is 50.9 Å². The van der Waals surface area contributed by atoms with E-state index < -0.39 is 21.9 Å². The van der Waals surface area contributed by atoms with Crippen LogP contribution < -0.4 is 14.4 Å². The summed E-state index contributed by atoms with van der Waals surface area (Å²) in [5.41, 5.74) is 1.70. The van der Waals surface area contributed by atoms with E-state index in [1.165, 1.54) is 12.1 Å². The lowest BCUT2D eigenvalue weighted by atomic mass is 10.0. The summed E-state index contributed by atoms with van der Waals surface area (Å²) < 4.78 is 41.2. The van der Waals surface area contributed by atoms with Crippen LogP contribution >= 0.6 is 0 Å². The second-order valence-electron chi connectivity index (χ2n) is 8.41. The van der Waals surface area contributed by atoms with Crippen LogP contribution in [0.25, 0.3) is 11.0 Å². The molecule has 3 atom stereocenters. The molecule has 2 aromatic rings. The number of morpholine rings is 1. The molecule has 1 aromatic heterocycles. The number of halogens is 1. The molecule has 1 N–H and O–H groups in total. The van der Waals surface area contributed by atoms with Crippen molar-refractivity contribution in [2.75, 3.05) is 31.3 Å². The Balaban J connectivity index is 1.79. The minimum atomic E-state index is -1.30. The summed E-state index contributed by atoms with van der Waals surface area (Å²) in [5, 5.41) is 0. The first-order valence-corrected chi connectivity index (χ1v) is 11.1. The lowest BCUT2D eigenvalue weighted by Gasteiger charge is -2.39. The molecule has 9 heteroatoms. The van der Waals surface area contributed by atoms with Crippen molar-refractivity contribution < 1.29 is 18.4 Å². The number of fused-ring (bicyclic) bond motifs is 4. The molecule has 0 aliphatic carbocycles. The van der Waals surface area contributed by atoms with Gasteiger partial charge in [0.2, 0.25) is 0 Å². The highest BCUT2D eigenvalue weighted by atomic mass is 32.2. The molecular weight excluding hydrogens is 395 g/mol. The van der Waals surface area contributed by atoms with Gasteiger partial charge in [0.1, 0.15) is 17.2 Å². The number of anilines is 1. The summed E-state index contributed by atoms with van der Waals surface area (Å²) in [6.07, 6.45) is 0.635. The number of benzene rings is 1. The highest BCUT2D eigenvalue weighted by molar-refractivity contribution is 7.90. The maximum atomic E-state index is 14.4. The van der Waals surface area contributed by atoms with Gasteiger partial charge in [-0.25, -0.2) is 14.4 Å². The van der Waals surface area contributed by atoms with Gasteiger partial charge in [-0.2, -0.15) is 0 Å². The Morgan fingerprint density at radius 1 is 1.34 bits per heavy atom. The predicted octanol–water partition coefficient (Wildman–Crippen LogP) is 2.87. The first-order valence-electron chi connectivity index (χ1n) is 9.94. The topological polar surface area (TPSA) is 82.6 Å². The van der Waals surface area contributed by atoms with Crippen LogP contribution in [0.1, 0.15) is 45.7 Å². The van der Waals surface area contributed by atoms with Gasteiger partial charge in [0, 0.05) is 29.5 Å². The minimum Gasteiger partial charge on any atom is -0.598 e. The molecule has 0 radical (unpaired) electrons. The van der Waals surface area contributed by atoms with Crippen LogP contribution in [0.4, 0.5) is 10.2 Å². The zero-order chi connectivity index (χ0) is 20.8. The number of nitrogens with one attached hydrogen (secondary N) is 1. The first-order chi connectivity index (χ1) is 13.8. The van der Waals surface area contributed by atoms with Gasteiger partial charge in [-0.1, -0.05) is 6.92 Å². The van der Waals surface area contributed by atoms with Crippen molar-refractivity contribution in [1.29, 1.82) is 0 Å². The second kappa shape index (κ2) is 7.86. The van der Waals surface area contributed by atoms with Gasteiger partial charge < -0.3 is 18.9 Å². The largest absolute Gasteiger partial charge is 0.598 e. The molecule has 0 saturated carbocycles. The third-order valence-corrected chi connectivity index (χ3v) is 6.83. The SMILES string of the molecule is CC[C@@H](N[S@+]([O-])C(C)(C)C)c1cc(F)cc2nc3c(nc12)N1CCOC[C@H]1CO3. The van der Waals surface area contributed by atoms with E-state index in [1.54, 1.807) is 0 Å². The van der Waals surface area contributed by atoms with Crippen LogP contribution in [0.3, 0.4) is 0 Å². The zero-order valence-electron chi connectivity index (χ0n) is 17.2. The summed E-state index contributed by atoms with van der Waals surface area (Å²) in [7, 11) is 0. The molecule has 2 aliphatic rings. The molecule has 1 aromatic carbocycles. The van der Waals surface area contributed by atoms with Gasteiger partial charge in [0.05, 0.1) is 36.3 Å². The fourth-order valence-electron chi connectivity index (χ4n) is 3.59. The Bertz CT molecular complexity index is 907. The smallest absolute Gasteiger partial charge is 0.258 e. The summed E-state index contributed by atoms with van der Waals surface area (Å²) in [5.74, 6) is 0.687. The number of hydrogen-bond donors (Lipinski definition) is 1. The highest BCUT2D eigenvalue weighted by Crippen LogP contribution is 2.36. The maximum absolute atomic E-state index is 14.4. The molecule has 2 aliphatic heterocycles. The normalized spacial score (nSPS) is 21.3. The Morgan fingerprint density at radius 2 is 2.14 bits per heavy atom. The fraction of sp³-hybridized carbons (Fsp3) is 0.600. The average molecular weight is 423 g/mol. The Hall–Kier alpha value is -1.68. The quantitative estimate of drug-likeness (QED) is 0.759. The van der Waals surface area contributed by atoms with Crippen LogP contribution in [0.15, 0.2) is 12.1 Å². The lowest BCUT2D eigenvalue weighted by Crippen LogP contribution is -2.51. The molecule has 1 saturated heterocycles. The van der Waals surface area contributed by atoms with Crippen molar-refractivity contribution in [3.05, 3.63) is 23.5 Å². The summed E-state index contributed by atoms with van der Waals surface area (Å²) in [4.78, 5) is 11.6. The molecule has 158 valence electrons. The Kier molecular flexibility index (Phi) is 5.58. The van der Waals surface area contributed by atoms with Crippen LogP contribution in [0, 0.1) is 5.82 Å². The summed E-state index contributed by atoms with van der Waals surface area (Å²) >= 11 is -1.30. The van der Waals surface area contributed by atoms with E-state index in [2.05, 4.69) is 14.6 Å². The van der Waals surface area contributed by atoms with Gasteiger partial charge in [-0.05, 0) is 33.3 Å². The number of ether oxygens (including phenoxy) is 2. The Morgan fingerprint density at radius 3 is 2.86 bits per heavy atom.